The van der Waals surface area contributed by atoms with Crippen molar-refractivity contribution in [2.45, 2.75) is 26.4 Å². The van der Waals surface area contributed by atoms with Crippen LogP contribution in [0.4, 0.5) is 8.78 Å². The number of likely N-dealkylation sites (tertiary alicyclic amines) is 1. The Labute approximate surface area is 110 Å². The summed E-state index contributed by atoms with van der Waals surface area (Å²) < 4.78 is 26.4. The summed E-state index contributed by atoms with van der Waals surface area (Å²) in [5.41, 5.74) is -0.557. The third-order valence-electron chi connectivity index (χ3n) is 3.62. The zero-order valence-electron chi connectivity index (χ0n) is 11.0. The number of carbonyl (C=O) groups is 1. The van der Waals surface area contributed by atoms with Crippen molar-refractivity contribution in [3.8, 4) is 0 Å². The summed E-state index contributed by atoms with van der Waals surface area (Å²) in [4.78, 5) is 13.7. The van der Waals surface area contributed by atoms with Gasteiger partial charge in [-0.05, 0) is 18.6 Å². The quantitative estimate of drug-likeness (QED) is 0.849. The SMILES string of the molecule is CC1(C)CN(C(=O)c2ccc(F)cc2F)CCC1O. The van der Waals surface area contributed by atoms with E-state index in [2.05, 4.69) is 0 Å². The predicted octanol–water partition coefficient (Wildman–Crippen LogP) is 2.20. The summed E-state index contributed by atoms with van der Waals surface area (Å²) in [5.74, 6) is -2.02. The van der Waals surface area contributed by atoms with Gasteiger partial charge in [-0.2, -0.15) is 0 Å². The summed E-state index contributed by atoms with van der Waals surface area (Å²) in [6.07, 6.45) is -0.0173. The van der Waals surface area contributed by atoms with Crippen LogP contribution in [0.1, 0.15) is 30.6 Å². The van der Waals surface area contributed by atoms with E-state index in [9.17, 15) is 18.7 Å². The lowest BCUT2D eigenvalue weighted by atomic mass is 9.81. The van der Waals surface area contributed by atoms with Gasteiger partial charge in [-0.1, -0.05) is 13.8 Å². The second-order valence-electron chi connectivity index (χ2n) is 5.64. The molecule has 0 spiro atoms. The maximum Gasteiger partial charge on any atom is 0.256 e. The summed E-state index contributed by atoms with van der Waals surface area (Å²) >= 11 is 0. The Balaban J connectivity index is 2.21. The lowest BCUT2D eigenvalue weighted by Gasteiger charge is -2.41. The summed E-state index contributed by atoms with van der Waals surface area (Å²) in [7, 11) is 0. The molecule has 1 N–H and O–H groups in total. The smallest absolute Gasteiger partial charge is 0.256 e. The minimum absolute atomic E-state index is 0.131. The van der Waals surface area contributed by atoms with Gasteiger partial charge in [0.05, 0.1) is 11.7 Å². The minimum Gasteiger partial charge on any atom is -0.392 e. The van der Waals surface area contributed by atoms with Crippen molar-refractivity contribution in [2.24, 2.45) is 5.41 Å². The number of aliphatic hydroxyl groups is 1. The molecule has 1 fully saturated rings. The molecule has 1 saturated heterocycles. The van der Waals surface area contributed by atoms with Gasteiger partial charge in [-0.15, -0.1) is 0 Å². The van der Waals surface area contributed by atoms with Crippen LogP contribution in [-0.2, 0) is 0 Å². The van der Waals surface area contributed by atoms with Gasteiger partial charge in [0.1, 0.15) is 11.6 Å². The number of hydrogen-bond acceptors (Lipinski definition) is 2. The molecule has 5 heteroatoms. The Morgan fingerprint density at radius 2 is 2.11 bits per heavy atom. The van der Waals surface area contributed by atoms with Crippen LogP contribution in [0.5, 0.6) is 0 Å². The number of rotatable bonds is 1. The summed E-state index contributed by atoms with van der Waals surface area (Å²) in [6.45, 7) is 4.44. The molecule has 1 unspecified atom stereocenters. The third-order valence-corrected chi connectivity index (χ3v) is 3.62. The number of benzene rings is 1. The van der Waals surface area contributed by atoms with Crippen molar-refractivity contribution < 1.29 is 18.7 Å². The molecule has 1 heterocycles. The maximum absolute atomic E-state index is 13.6. The first-order chi connectivity index (χ1) is 8.81. The molecular weight excluding hydrogens is 252 g/mol. The van der Waals surface area contributed by atoms with E-state index >= 15 is 0 Å². The predicted molar refractivity (Wildman–Crippen MR) is 66.7 cm³/mol. The van der Waals surface area contributed by atoms with Gasteiger partial charge in [-0.25, -0.2) is 8.78 Å². The van der Waals surface area contributed by atoms with E-state index in [0.29, 0.717) is 25.6 Å². The number of aliphatic hydroxyl groups excluding tert-OH is 1. The number of amides is 1. The van der Waals surface area contributed by atoms with Gasteiger partial charge >= 0.3 is 0 Å². The number of piperidine rings is 1. The molecule has 0 saturated carbocycles. The molecule has 1 aliphatic rings. The van der Waals surface area contributed by atoms with E-state index in [1.54, 1.807) is 0 Å². The maximum atomic E-state index is 13.6. The fourth-order valence-corrected chi connectivity index (χ4v) is 2.35. The third kappa shape index (κ3) is 2.76. The van der Waals surface area contributed by atoms with Crippen LogP contribution in [0.2, 0.25) is 0 Å². The van der Waals surface area contributed by atoms with E-state index in [1.807, 2.05) is 13.8 Å². The van der Waals surface area contributed by atoms with Gasteiger partial charge in [0.25, 0.3) is 5.91 Å². The first kappa shape index (κ1) is 13.9. The molecule has 1 aromatic carbocycles. The molecule has 0 aromatic heterocycles. The Morgan fingerprint density at radius 1 is 1.42 bits per heavy atom. The second kappa shape index (κ2) is 4.89. The highest BCUT2D eigenvalue weighted by Crippen LogP contribution is 2.30. The highest BCUT2D eigenvalue weighted by Gasteiger charge is 2.37. The van der Waals surface area contributed by atoms with Gasteiger partial charge < -0.3 is 10.0 Å². The van der Waals surface area contributed by atoms with Crippen LogP contribution < -0.4 is 0 Å². The van der Waals surface area contributed by atoms with Crippen LogP contribution in [0, 0.1) is 17.0 Å². The molecule has 3 nitrogen and oxygen atoms in total. The second-order valence-corrected chi connectivity index (χ2v) is 5.64. The van der Waals surface area contributed by atoms with Crippen molar-refractivity contribution >= 4 is 5.91 Å². The molecule has 1 aromatic rings. The molecular formula is C14H17F2NO2. The zero-order valence-corrected chi connectivity index (χ0v) is 11.0. The van der Waals surface area contributed by atoms with Gasteiger partial charge in [0, 0.05) is 24.6 Å². The van der Waals surface area contributed by atoms with Crippen molar-refractivity contribution in [1.82, 2.24) is 4.90 Å². The van der Waals surface area contributed by atoms with E-state index < -0.39 is 29.1 Å². The highest BCUT2D eigenvalue weighted by molar-refractivity contribution is 5.94. The zero-order chi connectivity index (χ0) is 14.2. The number of carbonyl (C=O) groups excluding carboxylic acids is 1. The Kier molecular flexibility index (Phi) is 3.58. The number of hydrogen-bond donors (Lipinski definition) is 1. The first-order valence-electron chi connectivity index (χ1n) is 6.23. The van der Waals surface area contributed by atoms with Crippen molar-refractivity contribution in [3.05, 3.63) is 35.4 Å². The minimum atomic E-state index is -0.853. The standard InChI is InChI=1S/C14H17F2NO2/c1-14(2)8-17(6-5-12(14)18)13(19)10-4-3-9(15)7-11(10)16/h3-4,7,12,18H,5-6,8H2,1-2H3. The molecule has 19 heavy (non-hydrogen) atoms. The Bertz CT molecular complexity index is 502. The summed E-state index contributed by atoms with van der Waals surface area (Å²) in [5, 5.41) is 9.84. The molecule has 1 amide bonds. The normalized spacial score (nSPS) is 22.4. The van der Waals surface area contributed by atoms with Crippen molar-refractivity contribution in [3.63, 3.8) is 0 Å². The van der Waals surface area contributed by atoms with Gasteiger partial charge in [0.2, 0.25) is 0 Å². The highest BCUT2D eigenvalue weighted by atomic mass is 19.1. The Morgan fingerprint density at radius 3 is 2.68 bits per heavy atom. The molecule has 2 rings (SSSR count). The van der Waals surface area contributed by atoms with E-state index in [4.69, 9.17) is 0 Å². The first-order valence-corrected chi connectivity index (χ1v) is 6.23. The average molecular weight is 269 g/mol. The molecule has 1 atom stereocenters. The van der Waals surface area contributed by atoms with Crippen molar-refractivity contribution in [2.75, 3.05) is 13.1 Å². The van der Waals surface area contributed by atoms with E-state index in [0.717, 1.165) is 12.1 Å². The number of nitrogens with zero attached hydrogens (tertiary/aromatic N) is 1. The fraction of sp³-hybridized carbons (Fsp3) is 0.500. The van der Waals surface area contributed by atoms with Crippen LogP contribution in [0.15, 0.2) is 18.2 Å². The topological polar surface area (TPSA) is 40.5 Å². The number of halogens is 2. The monoisotopic (exact) mass is 269 g/mol. The van der Waals surface area contributed by atoms with Gasteiger partial charge in [0.15, 0.2) is 0 Å². The summed E-state index contributed by atoms with van der Waals surface area (Å²) in [6, 6.07) is 2.93. The molecule has 0 aliphatic carbocycles. The molecule has 104 valence electrons. The molecule has 0 bridgehead atoms. The lowest BCUT2D eigenvalue weighted by Crippen LogP contribution is -2.50. The van der Waals surface area contributed by atoms with E-state index in [-0.39, 0.29) is 5.56 Å². The van der Waals surface area contributed by atoms with Gasteiger partial charge in [-0.3, -0.25) is 4.79 Å². The average Bonchev–Trinajstić information content (AvgIpc) is 2.32. The molecule has 0 radical (unpaired) electrons. The van der Waals surface area contributed by atoms with Crippen LogP contribution in [0.3, 0.4) is 0 Å². The fourth-order valence-electron chi connectivity index (χ4n) is 2.35. The molecule has 1 aliphatic heterocycles. The Hall–Kier alpha value is -1.49. The largest absolute Gasteiger partial charge is 0.392 e. The van der Waals surface area contributed by atoms with Crippen molar-refractivity contribution in [1.29, 1.82) is 0 Å². The van der Waals surface area contributed by atoms with Crippen LogP contribution in [-0.4, -0.2) is 35.1 Å². The van der Waals surface area contributed by atoms with Crippen LogP contribution in [0.25, 0.3) is 0 Å². The lowest BCUT2D eigenvalue weighted by molar-refractivity contribution is -0.0183. The van der Waals surface area contributed by atoms with Crippen LogP contribution >= 0.6 is 0 Å². The van der Waals surface area contributed by atoms with E-state index in [1.165, 1.54) is 4.90 Å².